The summed E-state index contributed by atoms with van der Waals surface area (Å²) in [5, 5.41) is 0.643. The Morgan fingerprint density at radius 3 is 2.64 bits per heavy atom. The van der Waals surface area contributed by atoms with E-state index in [0.717, 1.165) is 0 Å². The topological polar surface area (TPSA) is 35.5 Å². The summed E-state index contributed by atoms with van der Waals surface area (Å²) in [5.41, 5.74) is 0. The minimum absolute atomic E-state index is 0.0446. The number of halogens is 1. The minimum atomic E-state index is -0.353. The van der Waals surface area contributed by atoms with Crippen molar-refractivity contribution in [2.45, 2.75) is 0 Å². The highest BCUT2D eigenvalue weighted by Crippen LogP contribution is 2.07. The van der Waals surface area contributed by atoms with E-state index >= 15 is 0 Å². The smallest absolute Gasteiger partial charge is 0.344 e. The third kappa shape index (κ3) is 4.28. The van der Waals surface area contributed by atoms with Crippen molar-refractivity contribution >= 4 is 21.9 Å². The summed E-state index contributed by atoms with van der Waals surface area (Å²) >= 11 is 3.16. The Balaban J connectivity index is 2.24. The molecule has 1 aromatic rings. The second-order valence-corrected chi connectivity index (χ2v) is 3.30. The molecule has 0 aliphatic heterocycles. The number of carbonyl (C=O) groups is 1. The SMILES string of the molecule is O=C(COc1ccccc1)OCCBr. The Labute approximate surface area is 91.1 Å². The molecule has 14 heavy (non-hydrogen) atoms. The van der Waals surface area contributed by atoms with Gasteiger partial charge in [0, 0.05) is 5.33 Å². The summed E-state index contributed by atoms with van der Waals surface area (Å²) in [4.78, 5) is 11.0. The van der Waals surface area contributed by atoms with Crippen LogP contribution >= 0.6 is 15.9 Å². The van der Waals surface area contributed by atoms with Gasteiger partial charge in [-0.15, -0.1) is 0 Å². The summed E-state index contributed by atoms with van der Waals surface area (Å²) in [6.45, 7) is 0.327. The predicted molar refractivity (Wildman–Crippen MR) is 56.7 cm³/mol. The van der Waals surface area contributed by atoms with E-state index in [9.17, 15) is 4.79 Å². The van der Waals surface area contributed by atoms with Gasteiger partial charge in [-0.25, -0.2) is 4.79 Å². The van der Waals surface area contributed by atoms with Crippen molar-refractivity contribution in [2.24, 2.45) is 0 Å². The highest BCUT2D eigenvalue weighted by Gasteiger charge is 2.02. The molecular formula is C10H11BrO3. The Morgan fingerprint density at radius 1 is 1.29 bits per heavy atom. The fraction of sp³-hybridized carbons (Fsp3) is 0.300. The zero-order valence-electron chi connectivity index (χ0n) is 7.61. The summed E-state index contributed by atoms with van der Waals surface area (Å²) in [6.07, 6.45) is 0. The quantitative estimate of drug-likeness (QED) is 0.599. The van der Waals surface area contributed by atoms with Gasteiger partial charge < -0.3 is 9.47 Å². The molecule has 0 atom stereocenters. The Morgan fingerprint density at radius 2 is 2.00 bits per heavy atom. The van der Waals surface area contributed by atoms with Gasteiger partial charge >= 0.3 is 5.97 Å². The maximum atomic E-state index is 11.0. The average molecular weight is 259 g/mol. The van der Waals surface area contributed by atoms with E-state index in [1.165, 1.54) is 0 Å². The van der Waals surface area contributed by atoms with Crippen LogP contribution in [0.4, 0.5) is 0 Å². The van der Waals surface area contributed by atoms with Crippen LogP contribution in [0.2, 0.25) is 0 Å². The van der Waals surface area contributed by atoms with Gasteiger partial charge in [-0.2, -0.15) is 0 Å². The molecule has 3 nitrogen and oxygen atoms in total. The summed E-state index contributed by atoms with van der Waals surface area (Å²) in [5.74, 6) is 0.316. The molecule has 0 N–H and O–H groups in total. The molecule has 0 amide bonds. The number of rotatable bonds is 5. The van der Waals surface area contributed by atoms with Crippen molar-refractivity contribution in [1.29, 1.82) is 0 Å². The molecule has 0 saturated heterocycles. The highest BCUT2D eigenvalue weighted by molar-refractivity contribution is 9.09. The molecule has 0 heterocycles. The van der Waals surface area contributed by atoms with Crippen LogP contribution in [0.1, 0.15) is 0 Å². The maximum absolute atomic E-state index is 11.0. The molecule has 76 valence electrons. The van der Waals surface area contributed by atoms with Gasteiger partial charge in [0.1, 0.15) is 12.4 Å². The summed E-state index contributed by atoms with van der Waals surface area (Å²) in [7, 11) is 0. The van der Waals surface area contributed by atoms with Crippen LogP contribution in [0.25, 0.3) is 0 Å². The number of hydrogen-bond acceptors (Lipinski definition) is 3. The third-order valence-corrected chi connectivity index (χ3v) is 1.76. The van der Waals surface area contributed by atoms with Crippen molar-refractivity contribution < 1.29 is 14.3 Å². The summed E-state index contributed by atoms with van der Waals surface area (Å²) < 4.78 is 9.98. The number of esters is 1. The summed E-state index contributed by atoms with van der Waals surface area (Å²) in [6, 6.07) is 9.16. The molecule has 1 rings (SSSR count). The van der Waals surface area contributed by atoms with Gasteiger partial charge in [0.05, 0.1) is 0 Å². The van der Waals surface area contributed by atoms with Crippen LogP contribution in [0.5, 0.6) is 5.75 Å². The number of ether oxygens (including phenoxy) is 2. The van der Waals surface area contributed by atoms with Gasteiger partial charge in [-0.1, -0.05) is 34.1 Å². The van der Waals surface area contributed by atoms with Crippen LogP contribution in [-0.2, 0) is 9.53 Å². The Hall–Kier alpha value is -1.03. The molecule has 0 aliphatic rings. The lowest BCUT2D eigenvalue weighted by molar-refractivity contribution is -0.145. The van der Waals surface area contributed by atoms with Gasteiger partial charge in [0.15, 0.2) is 6.61 Å². The van der Waals surface area contributed by atoms with Crippen molar-refractivity contribution in [1.82, 2.24) is 0 Å². The number of benzene rings is 1. The van der Waals surface area contributed by atoms with Crippen LogP contribution < -0.4 is 4.74 Å². The molecule has 0 spiro atoms. The number of para-hydroxylation sites is 1. The zero-order valence-corrected chi connectivity index (χ0v) is 9.20. The highest BCUT2D eigenvalue weighted by atomic mass is 79.9. The fourth-order valence-corrected chi connectivity index (χ4v) is 1.01. The largest absolute Gasteiger partial charge is 0.482 e. The second kappa shape index (κ2) is 6.43. The standard InChI is InChI=1S/C10H11BrO3/c11-6-7-13-10(12)8-14-9-4-2-1-3-5-9/h1-5H,6-8H2. The van der Waals surface area contributed by atoms with Crippen LogP contribution in [0.15, 0.2) is 30.3 Å². The van der Waals surface area contributed by atoms with E-state index in [2.05, 4.69) is 15.9 Å². The van der Waals surface area contributed by atoms with E-state index in [1.807, 2.05) is 18.2 Å². The minimum Gasteiger partial charge on any atom is -0.482 e. The van der Waals surface area contributed by atoms with Crippen molar-refractivity contribution in [2.75, 3.05) is 18.5 Å². The Bertz CT molecular complexity index is 274. The van der Waals surface area contributed by atoms with E-state index in [1.54, 1.807) is 12.1 Å². The Kier molecular flexibility index (Phi) is 5.07. The molecule has 0 aromatic heterocycles. The van der Waals surface area contributed by atoms with Crippen LogP contribution in [0, 0.1) is 0 Å². The number of hydrogen-bond donors (Lipinski definition) is 0. The normalized spacial score (nSPS) is 9.50. The molecule has 0 radical (unpaired) electrons. The average Bonchev–Trinajstić information content (AvgIpc) is 2.25. The second-order valence-electron chi connectivity index (χ2n) is 2.51. The molecule has 1 aromatic carbocycles. The first-order valence-electron chi connectivity index (χ1n) is 4.22. The molecular weight excluding hydrogens is 248 g/mol. The van der Waals surface area contributed by atoms with Crippen molar-refractivity contribution in [3.8, 4) is 5.75 Å². The lowest BCUT2D eigenvalue weighted by Gasteiger charge is -2.05. The lowest BCUT2D eigenvalue weighted by Crippen LogP contribution is -2.15. The monoisotopic (exact) mass is 258 g/mol. The molecule has 0 saturated carbocycles. The van der Waals surface area contributed by atoms with Gasteiger partial charge in [-0.05, 0) is 12.1 Å². The van der Waals surface area contributed by atoms with Gasteiger partial charge in [0.25, 0.3) is 0 Å². The molecule has 0 aliphatic carbocycles. The zero-order chi connectivity index (χ0) is 10.2. The number of alkyl halides is 1. The molecule has 0 bridgehead atoms. The third-order valence-electron chi connectivity index (χ3n) is 1.44. The fourth-order valence-electron chi connectivity index (χ4n) is 0.853. The van der Waals surface area contributed by atoms with Crippen molar-refractivity contribution in [3.05, 3.63) is 30.3 Å². The van der Waals surface area contributed by atoms with Gasteiger partial charge in [0.2, 0.25) is 0 Å². The lowest BCUT2D eigenvalue weighted by atomic mass is 10.3. The first-order valence-corrected chi connectivity index (χ1v) is 5.34. The van der Waals surface area contributed by atoms with E-state index in [-0.39, 0.29) is 12.6 Å². The maximum Gasteiger partial charge on any atom is 0.344 e. The van der Waals surface area contributed by atoms with Gasteiger partial charge in [-0.3, -0.25) is 0 Å². The first-order chi connectivity index (χ1) is 6.83. The van der Waals surface area contributed by atoms with Crippen LogP contribution in [-0.4, -0.2) is 24.5 Å². The first kappa shape index (κ1) is 11.0. The number of carbonyl (C=O) groups excluding carboxylic acids is 1. The van der Waals surface area contributed by atoms with Crippen LogP contribution in [0.3, 0.4) is 0 Å². The van der Waals surface area contributed by atoms with E-state index in [4.69, 9.17) is 9.47 Å². The molecule has 0 fully saturated rings. The molecule has 0 unspecified atom stereocenters. The predicted octanol–water partition coefficient (Wildman–Crippen LogP) is 2.00. The van der Waals surface area contributed by atoms with E-state index in [0.29, 0.717) is 17.7 Å². The molecule has 4 heteroatoms. The van der Waals surface area contributed by atoms with Crippen molar-refractivity contribution in [3.63, 3.8) is 0 Å². The van der Waals surface area contributed by atoms with E-state index < -0.39 is 0 Å².